The Morgan fingerprint density at radius 2 is 1.00 bits per heavy atom. The Bertz CT molecular complexity index is 1620. The maximum Gasteiger partial charge on any atom is 0.472 e. The summed E-state index contributed by atoms with van der Waals surface area (Å²) in [7, 11) is -10.7. The molecule has 17 nitrogen and oxygen atoms in total. The molecule has 0 aromatic heterocycles. The van der Waals surface area contributed by atoms with Gasteiger partial charge in [0.05, 0.1) is 18.8 Å². The average molecular weight is 977 g/mol. The van der Waals surface area contributed by atoms with Gasteiger partial charge in [0.1, 0.15) is 43.2 Å². The lowest BCUT2D eigenvalue weighted by Crippen LogP contribution is -2.64. The van der Waals surface area contributed by atoms with Gasteiger partial charge in [0.15, 0.2) is 6.10 Å². The highest BCUT2D eigenvalue weighted by Gasteiger charge is 2.54. The monoisotopic (exact) mass is 976 g/mol. The van der Waals surface area contributed by atoms with E-state index >= 15 is 0 Å². The molecular formula is C47H78O17P2. The summed E-state index contributed by atoms with van der Waals surface area (Å²) in [6, 6.07) is 0. The van der Waals surface area contributed by atoms with Gasteiger partial charge in [-0.3, -0.25) is 23.2 Å². The molecule has 0 amide bonds. The van der Waals surface area contributed by atoms with Crippen LogP contribution in [0.25, 0.3) is 0 Å². The fourth-order valence-electron chi connectivity index (χ4n) is 6.83. The second-order valence-corrected chi connectivity index (χ2v) is 19.1. The zero-order chi connectivity index (χ0) is 48.6. The SMILES string of the molecule is CCCCC/C=C\C/C=C\C/C=C\CCCCC(=O)O[C@H](COC(=O)CCC/C=C\C/C=C\CC1OC1C/C=C\CCCCC)COP(=O)(O)O[C@H]1C(O)C(O)C(O)[C@@H](OP(=O)(O)O)C1O. The Hall–Kier alpha value is -2.60. The number of aliphatic hydroxyl groups excluding tert-OH is 4. The number of phosphoric acid groups is 2. The van der Waals surface area contributed by atoms with E-state index in [-0.39, 0.29) is 18.9 Å². The molecule has 1 heterocycles. The van der Waals surface area contributed by atoms with Crippen molar-refractivity contribution in [2.45, 2.75) is 197 Å². The summed E-state index contributed by atoms with van der Waals surface area (Å²) in [4.78, 5) is 54.3. The number of hydrogen-bond donors (Lipinski definition) is 7. The third-order valence-electron chi connectivity index (χ3n) is 10.7. The molecule has 1 saturated heterocycles. The summed E-state index contributed by atoms with van der Waals surface area (Å²) in [6.45, 7) is 2.95. The van der Waals surface area contributed by atoms with Crippen LogP contribution < -0.4 is 0 Å². The van der Waals surface area contributed by atoms with Crippen LogP contribution in [0, 0.1) is 0 Å². The summed E-state index contributed by atoms with van der Waals surface area (Å²) in [5.74, 6) is -1.33. The van der Waals surface area contributed by atoms with Gasteiger partial charge < -0.3 is 49.3 Å². The summed E-state index contributed by atoms with van der Waals surface area (Å²) < 4.78 is 55.0. The number of unbranched alkanes of at least 4 members (excludes halogenated alkanes) is 9. The lowest BCUT2D eigenvalue weighted by Gasteiger charge is -2.43. The number of phosphoric ester groups is 2. The lowest BCUT2D eigenvalue weighted by atomic mass is 9.85. The normalized spacial score (nSPS) is 25.2. The summed E-state index contributed by atoms with van der Waals surface area (Å²) in [5.41, 5.74) is 0. The van der Waals surface area contributed by atoms with Crippen molar-refractivity contribution in [3.05, 3.63) is 72.9 Å². The van der Waals surface area contributed by atoms with Crippen molar-refractivity contribution in [2.24, 2.45) is 0 Å². The summed E-state index contributed by atoms with van der Waals surface area (Å²) in [6.07, 6.45) is 27.6. The maximum atomic E-state index is 13.0. The Balaban J connectivity index is 1.84. The molecule has 0 aromatic rings. The maximum absolute atomic E-state index is 13.0. The van der Waals surface area contributed by atoms with Crippen LogP contribution in [0.2, 0.25) is 0 Å². The number of esters is 2. The van der Waals surface area contributed by atoms with Gasteiger partial charge >= 0.3 is 27.6 Å². The van der Waals surface area contributed by atoms with Gasteiger partial charge in [-0.15, -0.1) is 0 Å². The molecule has 10 atom stereocenters. The van der Waals surface area contributed by atoms with Crippen molar-refractivity contribution in [3.63, 3.8) is 0 Å². The quantitative estimate of drug-likeness (QED) is 0.0103. The standard InChI is InChI=1S/C47H78O17P2/c1-3-5-7-9-11-12-13-14-15-16-17-18-21-26-30-34-41(49)61-37(36-60-66(57,58)64-47-44(52)42(50)43(51)46(45(47)53)63-65(54,55)56)35-59-40(48)33-29-25-22-19-20-24-28-32-39-38(62-39)31-27-23-10-8-6-4-2/h11-12,14-15,17-19,22-24,27-28,37-39,42-47,50-53H,3-10,13,16,20-21,25-26,29-36H2,1-2H3,(H,57,58)(H2,54,55,56)/b12-11-,15-14-,18-17-,22-19-,27-23-,28-24-/t37-,38?,39?,42?,43?,44?,45?,46-,47+/m1/s1. The Labute approximate surface area is 391 Å². The van der Waals surface area contributed by atoms with Crippen LogP contribution in [0.4, 0.5) is 0 Å². The van der Waals surface area contributed by atoms with E-state index < -0.39 is 83.5 Å². The Morgan fingerprint density at radius 3 is 1.55 bits per heavy atom. The zero-order valence-corrected chi connectivity index (χ0v) is 40.6. The molecule has 0 bridgehead atoms. The minimum atomic E-state index is -5.38. The third-order valence-corrected chi connectivity index (χ3v) is 12.2. The highest BCUT2D eigenvalue weighted by atomic mass is 31.2. The molecule has 1 saturated carbocycles. The molecule has 7 unspecified atom stereocenters. The first-order valence-electron chi connectivity index (χ1n) is 23.6. The topological polar surface area (TPSA) is 269 Å². The van der Waals surface area contributed by atoms with Gasteiger partial charge in [-0.2, -0.15) is 0 Å². The first-order valence-corrected chi connectivity index (χ1v) is 26.6. The highest BCUT2D eigenvalue weighted by molar-refractivity contribution is 7.47. The second kappa shape index (κ2) is 34.6. The fourth-order valence-corrected chi connectivity index (χ4v) is 8.37. The molecule has 0 radical (unpaired) electrons. The number of ether oxygens (including phenoxy) is 3. The minimum Gasteiger partial charge on any atom is -0.462 e. The van der Waals surface area contributed by atoms with Crippen LogP contribution >= 0.6 is 15.6 Å². The van der Waals surface area contributed by atoms with Gasteiger partial charge in [-0.05, 0) is 89.9 Å². The predicted molar refractivity (Wildman–Crippen MR) is 250 cm³/mol. The second-order valence-electron chi connectivity index (χ2n) is 16.5. The van der Waals surface area contributed by atoms with Crippen molar-refractivity contribution in [2.75, 3.05) is 13.2 Å². The molecule has 1 aliphatic heterocycles. The molecular weight excluding hydrogens is 898 g/mol. The predicted octanol–water partition coefficient (Wildman–Crippen LogP) is 7.83. The number of allylic oxidation sites excluding steroid dienone is 10. The smallest absolute Gasteiger partial charge is 0.462 e. The molecule has 19 heteroatoms. The summed E-state index contributed by atoms with van der Waals surface area (Å²) in [5, 5.41) is 41.2. The molecule has 2 rings (SSSR count). The van der Waals surface area contributed by atoms with Crippen molar-refractivity contribution >= 4 is 27.6 Å². The van der Waals surface area contributed by atoms with E-state index in [1.807, 2.05) is 24.3 Å². The molecule has 66 heavy (non-hydrogen) atoms. The molecule has 0 spiro atoms. The zero-order valence-electron chi connectivity index (χ0n) is 38.8. The first-order chi connectivity index (χ1) is 31.6. The van der Waals surface area contributed by atoms with Gasteiger partial charge in [0.25, 0.3) is 0 Å². The highest BCUT2D eigenvalue weighted by Crippen LogP contribution is 2.49. The largest absolute Gasteiger partial charge is 0.472 e. The van der Waals surface area contributed by atoms with E-state index in [4.69, 9.17) is 23.3 Å². The Morgan fingerprint density at radius 1 is 0.545 bits per heavy atom. The van der Waals surface area contributed by atoms with Crippen molar-refractivity contribution < 1.29 is 81.6 Å². The van der Waals surface area contributed by atoms with Crippen LogP contribution in [-0.2, 0) is 46.5 Å². The number of aliphatic hydroxyl groups is 4. The fraction of sp³-hybridized carbons (Fsp3) is 0.702. The molecule has 2 aliphatic rings. The molecule has 0 aromatic carbocycles. The van der Waals surface area contributed by atoms with Crippen LogP contribution in [0.15, 0.2) is 72.9 Å². The molecule has 1 aliphatic carbocycles. The third kappa shape index (κ3) is 28.0. The lowest BCUT2D eigenvalue weighted by molar-refractivity contribution is -0.216. The van der Waals surface area contributed by atoms with Gasteiger partial charge in [-0.1, -0.05) is 112 Å². The number of epoxide rings is 1. The first kappa shape index (κ1) is 59.5. The van der Waals surface area contributed by atoms with E-state index in [0.29, 0.717) is 31.8 Å². The molecule has 2 fully saturated rings. The van der Waals surface area contributed by atoms with Crippen LogP contribution in [-0.4, -0.2) is 115 Å². The molecule has 378 valence electrons. The van der Waals surface area contributed by atoms with Gasteiger partial charge in [-0.25, -0.2) is 9.13 Å². The summed E-state index contributed by atoms with van der Waals surface area (Å²) >= 11 is 0. The molecule has 7 N–H and O–H groups in total. The van der Waals surface area contributed by atoms with E-state index in [1.165, 1.54) is 38.5 Å². The van der Waals surface area contributed by atoms with Crippen LogP contribution in [0.3, 0.4) is 0 Å². The van der Waals surface area contributed by atoms with Crippen molar-refractivity contribution in [3.8, 4) is 0 Å². The van der Waals surface area contributed by atoms with Crippen molar-refractivity contribution in [1.82, 2.24) is 0 Å². The average Bonchev–Trinajstić information content (AvgIpc) is 4.03. The van der Waals surface area contributed by atoms with Gasteiger partial charge in [0, 0.05) is 12.8 Å². The Kier molecular flexibility index (Phi) is 31.2. The minimum absolute atomic E-state index is 0.0229. The number of carbonyl (C=O) groups is 2. The van der Waals surface area contributed by atoms with E-state index in [9.17, 15) is 53.8 Å². The number of rotatable bonds is 37. The van der Waals surface area contributed by atoms with Gasteiger partial charge in [0.2, 0.25) is 0 Å². The van der Waals surface area contributed by atoms with Crippen LogP contribution in [0.5, 0.6) is 0 Å². The van der Waals surface area contributed by atoms with E-state index in [0.717, 1.165) is 51.4 Å². The number of carbonyl (C=O) groups excluding carboxylic acids is 2. The number of hydrogen-bond acceptors (Lipinski definition) is 14. The van der Waals surface area contributed by atoms with E-state index in [2.05, 4.69) is 67.0 Å². The van der Waals surface area contributed by atoms with Crippen molar-refractivity contribution in [1.29, 1.82) is 0 Å². The van der Waals surface area contributed by atoms with Crippen LogP contribution in [0.1, 0.15) is 142 Å². The van der Waals surface area contributed by atoms with E-state index in [1.54, 1.807) is 0 Å².